The number of alkyl halides is 3. The molecule has 0 aromatic carbocycles. The van der Waals surface area contributed by atoms with Crippen molar-refractivity contribution in [1.29, 1.82) is 0 Å². The third-order valence-corrected chi connectivity index (χ3v) is 1.84. The van der Waals surface area contributed by atoms with Gasteiger partial charge >= 0.3 is 0 Å². The van der Waals surface area contributed by atoms with Crippen LogP contribution in [0.25, 0.3) is 0 Å². The lowest BCUT2D eigenvalue weighted by atomic mass is 10.4. The molecule has 0 aliphatic heterocycles. The van der Waals surface area contributed by atoms with Crippen LogP contribution in [0.15, 0.2) is 0 Å². The number of hydrogen-bond donors (Lipinski definition) is 1. The zero-order chi connectivity index (χ0) is 10.5. The number of amides is 1. The second-order valence-electron chi connectivity index (χ2n) is 2.91. The fourth-order valence-corrected chi connectivity index (χ4v) is 0.898. The van der Waals surface area contributed by atoms with Gasteiger partial charge in [0.15, 0.2) is 0 Å². The van der Waals surface area contributed by atoms with E-state index in [9.17, 15) is 4.79 Å². The number of nitrogens with zero attached hydrogens (tertiary/aromatic N) is 1. The molecule has 0 aromatic rings. The maximum Gasteiger partial charge on any atom is 0.272 e. The molecule has 1 amide bonds. The summed E-state index contributed by atoms with van der Waals surface area (Å²) in [5.41, 5.74) is 0. The van der Waals surface area contributed by atoms with Gasteiger partial charge in [-0.1, -0.05) is 34.8 Å². The van der Waals surface area contributed by atoms with Crippen LogP contribution in [0.3, 0.4) is 0 Å². The van der Waals surface area contributed by atoms with Gasteiger partial charge in [0.25, 0.3) is 9.70 Å². The van der Waals surface area contributed by atoms with Crippen LogP contribution in [0.2, 0.25) is 0 Å². The van der Waals surface area contributed by atoms with Gasteiger partial charge in [0.1, 0.15) is 0 Å². The number of halogens is 3. The molecule has 78 valence electrons. The molecule has 13 heavy (non-hydrogen) atoms. The normalized spacial score (nSPS) is 11.8. The third kappa shape index (κ3) is 7.38. The predicted molar refractivity (Wildman–Crippen MR) is 56.5 cm³/mol. The van der Waals surface area contributed by atoms with Crippen molar-refractivity contribution in [2.45, 2.75) is 10.2 Å². The molecule has 0 bridgehead atoms. The van der Waals surface area contributed by atoms with Gasteiger partial charge in [-0.3, -0.25) is 4.79 Å². The Morgan fingerprint density at radius 2 is 1.92 bits per heavy atom. The topological polar surface area (TPSA) is 32.3 Å². The van der Waals surface area contributed by atoms with E-state index < -0.39 is 9.70 Å². The first-order valence-corrected chi connectivity index (χ1v) is 4.97. The van der Waals surface area contributed by atoms with E-state index in [-0.39, 0.29) is 0 Å². The van der Waals surface area contributed by atoms with E-state index in [0.29, 0.717) is 6.54 Å². The minimum Gasteiger partial charge on any atom is -0.352 e. The molecule has 0 aliphatic rings. The first-order chi connectivity index (χ1) is 5.84. The molecule has 0 spiro atoms. The lowest BCUT2D eigenvalue weighted by Gasteiger charge is -2.12. The Labute approximate surface area is 93.3 Å². The van der Waals surface area contributed by atoms with Crippen molar-refractivity contribution in [1.82, 2.24) is 10.2 Å². The number of nitrogens with one attached hydrogen (secondary N) is 1. The van der Waals surface area contributed by atoms with E-state index in [1.54, 1.807) is 0 Å². The Hall–Kier alpha value is 0.300. The molecule has 0 rings (SSSR count). The lowest BCUT2D eigenvalue weighted by molar-refractivity contribution is -0.120. The highest BCUT2D eigenvalue weighted by atomic mass is 35.6. The summed E-state index contributed by atoms with van der Waals surface area (Å²) in [5.74, 6) is -0.573. The highest BCUT2D eigenvalue weighted by molar-refractivity contribution is 6.76. The van der Waals surface area contributed by atoms with Gasteiger partial charge < -0.3 is 10.2 Å². The summed E-state index contributed by atoms with van der Waals surface area (Å²) in [5, 5.41) is 2.52. The minimum absolute atomic E-state index is 0.519. The monoisotopic (exact) mass is 246 g/mol. The van der Waals surface area contributed by atoms with Gasteiger partial charge in [-0.05, 0) is 27.1 Å². The van der Waals surface area contributed by atoms with Crippen LogP contribution in [-0.4, -0.2) is 41.8 Å². The van der Waals surface area contributed by atoms with E-state index in [4.69, 9.17) is 34.8 Å². The van der Waals surface area contributed by atoms with Crippen LogP contribution < -0.4 is 5.32 Å². The molecule has 0 aliphatic carbocycles. The first kappa shape index (κ1) is 13.3. The van der Waals surface area contributed by atoms with E-state index in [0.717, 1.165) is 13.0 Å². The van der Waals surface area contributed by atoms with E-state index in [1.807, 2.05) is 19.0 Å². The molecule has 0 fully saturated rings. The van der Waals surface area contributed by atoms with Crippen LogP contribution in [0.5, 0.6) is 0 Å². The van der Waals surface area contributed by atoms with Gasteiger partial charge in [-0.15, -0.1) is 0 Å². The molecule has 0 radical (unpaired) electrons. The highest BCUT2D eigenvalue weighted by Gasteiger charge is 2.29. The molecular formula is C7H13Cl3N2O. The molecular weight excluding hydrogens is 234 g/mol. The maximum absolute atomic E-state index is 11.0. The van der Waals surface area contributed by atoms with Crippen LogP contribution in [0.1, 0.15) is 6.42 Å². The number of hydrogen-bond acceptors (Lipinski definition) is 2. The quantitative estimate of drug-likeness (QED) is 0.602. The Kier molecular flexibility index (Phi) is 6.05. The molecule has 0 heterocycles. The number of rotatable bonds is 4. The summed E-state index contributed by atoms with van der Waals surface area (Å²) in [6, 6.07) is 0. The largest absolute Gasteiger partial charge is 0.352 e. The summed E-state index contributed by atoms with van der Waals surface area (Å²) >= 11 is 16.0. The highest BCUT2D eigenvalue weighted by Crippen LogP contribution is 2.25. The van der Waals surface area contributed by atoms with E-state index in [1.165, 1.54) is 0 Å². The average molecular weight is 248 g/mol. The predicted octanol–water partition coefficient (Wildman–Crippen LogP) is 1.42. The fourth-order valence-electron chi connectivity index (χ4n) is 0.697. The van der Waals surface area contributed by atoms with E-state index >= 15 is 0 Å². The molecule has 0 saturated heterocycles. The van der Waals surface area contributed by atoms with Gasteiger partial charge in [0, 0.05) is 6.54 Å². The van der Waals surface area contributed by atoms with Crippen LogP contribution >= 0.6 is 34.8 Å². The second kappa shape index (κ2) is 5.91. The Morgan fingerprint density at radius 1 is 1.38 bits per heavy atom. The second-order valence-corrected chi connectivity index (χ2v) is 5.19. The summed E-state index contributed by atoms with van der Waals surface area (Å²) in [7, 11) is 3.91. The van der Waals surface area contributed by atoms with Crippen molar-refractivity contribution in [2.24, 2.45) is 0 Å². The first-order valence-electron chi connectivity index (χ1n) is 3.84. The molecule has 0 aromatic heterocycles. The Balaban J connectivity index is 3.49. The van der Waals surface area contributed by atoms with Crippen molar-refractivity contribution in [3.05, 3.63) is 0 Å². The molecule has 3 nitrogen and oxygen atoms in total. The molecule has 1 N–H and O–H groups in total. The third-order valence-electron chi connectivity index (χ3n) is 1.33. The van der Waals surface area contributed by atoms with Crippen molar-refractivity contribution < 1.29 is 4.79 Å². The fraction of sp³-hybridized carbons (Fsp3) is 0.857. The smallest absolute Gasteiger partial charge is 0.272 e. The van der Waals surface area contributed by atoms with Gasteiger partial charge in [0.2, 0.25) is 0 Å². The molecule has 0 atom stereocenters. The zero-order valence-electron chi connectivity index (χ0n) is 7.61. The van der Waals surface area contributed by atoms with E-state index in [2.05, 4.69) is 5.32 Å². The zero-order valence-corrected chi connectivity index (χ0v) is 9.88. The van der Waals surface area contributed by atoms with Crippen molar-refractivity contribution in [2.75, 3.05) is 27.2 Å². The summed E-state index contributed by atoms with van der Waals surface area (Å²) in [6.07, 6.45) is 0.833. The van der Waals surface area contributed by atoms with Crippen molar-refractivity contribution in [3.63, 3.8) is 0 Å². The maximum atomic E-state index is 11.0. The summed E-state index contributed by atoms with van der Waals surface area (Å²) in [4.78, 5) is 13.0. The van der Waals surface area contributed by atoms with Crippen LogP contribution in [0, 0.1) is 0 Å². The molecule has 0 unspecified atom stereocenters. The van der Waals surface area contributed by atoms with Gasteiger partial charge in [-0.25, -0.2) is 0 Å². The minimum atomic E-state index is -1.85. The Bertz CT molecular complexity index is 168. The molecule has 0 saturated carbocycles. The standard InChI is InChI=1S/C7H13Cl3N2O/c1-12(2)5-3-4-11-6(13)7(8,9)10/h3-5H2,1-2H3,(H,11,13). The number of carbonyl (C=O) groups is 1. The number of carbonyl (C=O) groups excluding carboxylic acids is 1. The van der Waals surface area contributed by atoms with Crippen molar-refractivity contribution in [3.8, 4) is 0 Å². The van der Waals surface area contributed by atoms with Gasteiger partial charge in [0.05, 0.1) is 0 Å². The lowest BCUT2D eigenvalue weighted by Crippen LogP contribution is -2.35. The van der Waals surface area contributed by atoms with Crippen LogP contribution in [0.4, 0.5) is 0 Å². The average Bonchev–Trinajstić information content (AvgIpc) is 1.95. The SMILES string of the molecule is CN(C)CCCNC(=O)C(Cl)(Cl)Cl. The Morgan fingerprint density at radius 3 is 2.31 bits per heavy atom. The van der Waals surface area contributed by atoms with Gasteiger partial charge in [-0.2, -0.15) is 0 Å². The van der Waals surface area contributed by atoms with Crippen LogP contribution in [-0.2, 0) is 4.79 Å². The summed E-state index contributed by atoms with van der Waals surface area (Å²) < 4.78 is -1.85. The molecule has 6 heteroatoms. The van der Waals surface area contributed by atoms with Crippen molar-refractivity contribution >= 4 is 40.7 Å². The summed E-state index contributed by atoms with van der Waals surface area (Å²) in [6.45, 7) is 1.41.